The number of sulfone groups is 1. The molecule has 7 nitrogen and oxygen atoms in total. The van der Waals surface area contributed by atoms with E-state index in [1.165, 1.54) is 6.26 Å². The molecule has 0 aromatic heterocycles. The monoisotopic (exact) mass is 409 g/mol. The van der Waals surface area contributed by atoms with Crippen LogP contribution in [0.3, 0.4) is 0 Å². The van der Waals surface area contributed by atoms with Crippen LogP contribution in [0.15, 0.2) is 18.2 Å². The van der Waals surface area contributed by atoms with E-state index in [1.54, 1.807) is 12.1 Å². The van der Waals surface area contributed by atoms with Crippen molar-refractivity contribution in [3.63, 3.8) is 0 Å². The quantitative estimate of drug-likeness (QED) is 0.550. The van der Waals surface area contributed by atoms with Crippen molar-refractivity contribution in [1.82, 2.24) is 10.2 Å². The Morgan fingerprint density at radius 1 is 1.25 bits per heavy atom. The molecule has 2 atom stereocenters. The number of nitro benzene ring substituents is 1. The van der Waals surface area contributed by atoms with Gasteiger partial charge in [-0.25, -0.2) is 8.42 Å². The summed E-state index contributed by atoms with van der Waals surface area (Å²) >= 11 is 0. The highest BCUT2D eigenvalue weighted by atomic mass is 32.2. The van der Waals surface area contributed by atoms with E-state index in [4.69, 9.17) is 0 Å². The van der Waals surface area contributed by atoms with Crippen molar-refractivity contribution in [3.05, 3.63) is 39.4 Å². The highest BCUT2D eigenvalue weighted by Crippen LogP contribution is 2.33. The number of hydrogen-bond donors (Lipinski definition) is 1. The topological polar surface area (TPSA) is 92.5 Å². The van der Waals surface area contributed by atoms with Gasteiger partial charge in [0, 0.05) is 24.4 Å². The van der Waals surface area contributed by atoms with Gasteiger partial charge in [0.05, 0.1) is 4.92 Å². The Morgan fingerprint density at radius 3 is 2.57 bits per heavy atom. The van der Waals surface area contributed by atoms with Gasteiger partial charge in [-0.1, -0.05) is 13.0 Å². The summed E-state index contributed by atoms with van der Waals surface area (Å²) in [6.07, 6.45) is 6.38. The molecule has 1 saturated heterocycles. The van der Waals surface area contributed by atoms with Gasteiger partial charge in [-0.15, -0.1) is 0 Å². The lowest BCUT2D eigenvalue weighted by molar-refractivity contribution is -0.384. The van der Waals surface area contributed by atoms with Gasteiger partial charge in [0.2, 0.25) is 0 Å². The maximum atomic E-state index is 12.8. The predicted molar refractivity (Wildman–Crippen MR) is 110 cm³/mol. The van der Waals surface area contributed by atoms with Crippen molar-refractivity contribution >= 4 is 15.5 Å². The van der Waals surface area contributed by atoms with Gasteiger partial charge in [0.15, 0.2) is 9.84 Å². The standard InChI is InChI=1S/C20H31N3O4S/c1-3-12-22(20(28(2,26)27)16-8-10-21-11-9-16)18-6-4-15-5-7-19(23(24)25)14-17(15)13-18/h5,7,14,16,18,20-21H,3-4,6,8-13H2,1-2H3. The number of benzene rings is 1. The molecule has 0 spiro atoms. The Hall–Kier alpha value is -1.51. The molecule has 1 N–H and O–H groups in total. The number of nitro groups is 1. The lowest BCUT2D eigenvalue weighted by atomic mass is 9.86. The summed E-state index contributed by atoms with van der Waals surface area (Å²) in [5.41, 5.74) is 2.25. The molecule has 1 fully saturated rings. The van der Waals surface area contributed by atoms with Gasteiger partial charge in [-0.3, -0.25) is 15.0 Å². The minimum atomic E-state index is -3.24. The van der Waals surface area contributed by atoms with Gasteiger partial charge in [-0.2, -0.15) is 0 Å². The molecule has 2 aliphatic rings. The fourth-order valence-corrected chi connectivity index (χ4v) is 6.63. The average Bonchev–Trinajstić information content (AvgIpc) is 2.66. The molecule has 0 bridgehead atoms. The van der Waals surface area contributed by atoms with Crippen LogP contribution in [0.1, 0.15) is 43.7 Å². The summed E-state index contributed by atoms with van der Waals surface area (Å²) in [4.78, 5) is 13.0. The summed E-state index contributed by atoms with van der Waals surface area (Å²) in [5, 5.41) is 14.0. The van der Waals surface area contributed by atoms with E-state index in [-0.39, 0.29) is 22.6 Å². The third kappa shape index (κ3) is 4.72. The van der Waals surface area contributed by atoms with Gasteiger partial charge in [-0.05, 0) is 75.2 Å². The Bertz CT molecular complexity index is 806. The molecule has 1 aromatic carbocycles. The molecular formula is C20H31N3O4S. The van der Waals surface area contributed by atoms with Crippen LogP contribution in [-0.2, 0) is 22.7 Å². The summed E-state index contributed by atoms with van der Waals surface area (Å²) in [6.45, 7) is 4.53. The van der Waals surface area contributed by atoms with Crippen molar-refractivity contribution in [2.75, 3.05) is 25.9 Å². The Morgan fingerprint density at radius 2 is 1.96 bits per heavy atom. The number of nitrogens with zero attached hydrogens (tertiary/aromatic N) is 2. The highest BCUT2D eigenvalue weighted by molar-refractivity contribution is 7.91. The van der Waals surface area contributed by atoms with Crippen LogP contribution in [0.4, 0.5) is 5.69 Å². The molecule has 1 aliphatic heterocycles. The normalized spacial score (nSPS) is 22.0. The lowest BCUT2D eigenvalue weighted by Gasteiger charge is -2.43. The third-order valence-corrected chi connectivity index (χ3v) is 7.64. The lowest BCUT2D eigenvalue weighted by Crippen LogP contribution is -2.54. The van der Waals surface area contributed by atoms with Crippen LogP contribution >= 0.6 is 0 Å². The third-order valence-electron chi connectivity index (χ3n) is 6.11. The maximum absolute atomic E-state index is 12.8. The van der Waals surface area contributed by atoms with E-state index in [9.17, 15) is 18.5 Å². The van der Waals surface area contributed by atoms with Crippen molar-refractivity contribution in [2.45, 2.75) is 56.9 Å². The summed E-state index contributed by atoms with van der Waals surface area (Å²) in [5.74, 6) is 0.134. The minimum Gasteiger partial charge on any atom is -0.317 e. The molecule has 156 valence electrons. The molecule has 1 aromatic rings. The molecule has 1 aliphatic carbocycles. The molecule has 0 saturated carbocycles. The average molecular weight is 410 g/mol. The largest absolute Gasteiger partial charge is 0.317 e. The number of non-ortho nitro benzene ring substituents is 1. The molecule has 28 heavy (non-hydrogen) atoms. The highest BCUT2D eigenvalue weighted by Gasteiger charge is 2.40. The maximum Gasteiger partial charge on any atom is 0.269 e. The van der Waals surface area contributed by atoms with Crippen LogP contribution in [0.2, 0.25) is 0 Å². The minimum absolute atomic E-state index is 0.101. The molecule has 1 heterocycles. The molecule has 2 unspecified atom stereocenters. The molecule has 3 rings (SSSR count). The number of hydrogen-bond acceptors (Lipinski definition) is 6. The zero-order valence-corrected chi connectivity index (χ0v) is 17.6. The van der Waals surface area contributed by atoms with E-state index < -0.39 is 15.2 Å². The second-order valence-corrected chi connectivity index (χ2v) is 10.3. The Labute approximate surface area is 167 Å². The Balaban J connectivity index is 1.90. The fraction of sp³-hybridized carbons (Fsp3) is 0.700. The number of nitrogens with one attached hydrogen (secondary N) is 1. The van der Waals surface area contributed by atoms with Crippen molar-refractivity contribution in [3.8, 4) is 0 Å². The smallest absolute Gasteiger partial charge is 0.269 e. The zero-order chi connectivity index (χ0) is 20.3. The van der Waals surface area contributed by atoms with Crippen molar-refractivity contribution in [1.29, 1.82) is 0 Å². The van der Waals surface area contributed by atoms with Gasteiger partial charge in [0.25, 0.3) is 5.69 Å². The zero-order valence-electron chi connectivity index (χ0n) is 16.8. The van der Waals surface area contributed by atoms with Crippen molar-refractivity contribution < 1.29 is 13.3 Å². The van der Waals surface area contributed by atoms with E-state index in [0.29, 0.717) is 6.42 Å². The molecule has 0 amide bonds. The number of aryl methyl sites for hydroxylation is 1. The van der Waals surface area contributed by atoms with E-state index in [0.717, 1.165) is 62.9 Å². The van der Waals surface area contributed by atoms with Crippen LogP contribution < -0.4 is 5.32 Å². The van der Waals surface area contributed by atoms with E-state index in [1.807, 2.05) is 6.07 Å². The second-order valence-electron chi connectivity index (χ2n) is 8.15. The van der Waals surface area contributed by atoms with Crippen molar-refractivity contribution in [2.24, 2.45) is 5.92 Å². The molecule has 8 heteroatoms. The van der Waals surface area contributed by atoms with E-state index in [2.05, 4.69) is 17.1 Å². The number of piperidine rings is 1. The van der Waals surface area contributed by atoms with Crippen LogP contribution in [-0.4, -0.2) is 55.5 Å². The second kappa shape index (κ2) is 8.88. The van der Waals surface area contributed by atoms with Gasteiger partial charge < -0.3 is 5.32 Å². The van der Waals surface area contributed by atoms with Gasteiger partial charge in [0.1, 0.15) is 5.37 Å². The SMILES string of the molecule is CCCN(C1CCc2ccc([N+](=O)[O-])cc2C1)C(C1CCNCC1)S(C)(=O)=O. The molecule has 0 radical (unpaired) electrons. The Kier molecular flexibility index (Phi) is 6.73. The fourth-order valence-electron chi connectivity index (χ4n) is 4.89. The van der Waals surface area contributed by atoms with Gasteiger partial charge >= 0.3 is 0 Å². The first-order chi connectivity index (χ1) is 13.3. The molecular weight excluding hydrogens is 378 g/mol. The first kappa shape index (κ1) is 21.2. The summed E-state index contributed by atoms with van der Waals surface area (Å²) in [7, 11) is -3.24. The van der Waals surface area contributed by atoms with Crippen LogP contribution in [0.25, 0.3) is 0 Å². The number of rotatable bonds is 7. The number of fused-ring (bicyclic) bond motifs is 1. The summed E-state index contributed by atoms with van der Waals surface area (Å²) in [6, 6.07) is 5.20. The van der Waals surface area contributed by atoms with E-state index >= 15 is 0 Å². The first-order valence-corrected chi connectivity index (χ1v) is 12.2. The summed E-state index contributed by atoms with van der Waals surface area (Å²) < 4.78 is 25.7. The first-order valence-electron chi connectivity index (χ1n) is 10.2. The van der Waals surface area contributed by atoms with Crippen LogP contribution in [0, 0.1) is 16.0 Å². The predicted octanol–water partition coefficient (Wildman–Crippen LogP) is 2.53. The van der Waals surface area contributed by atoms with Crippen LogP contribution in [0.5, 0.6) is 0 Å².